The van der Waals surface area contributed by atoms with Crippen molar-refractivity contribution in [1.82, 2.24) is 15.0 Å². The third-order valence-electron chi connectivity index (χ3n) is 3.77. The predicted octanol–water partition coefficient (Wildman–Crippen LogP) is 4.02. The molecule has 20 heavy (non-hydrogen) atoms. The molecule has 0 aliphatic rings. The summed E-state index contributed by atoms with van der Waals surface area (Å²) in [6.45, 7) is 4.11. The van der Waals surface area contributed by atoms with E-state index in [1.807, 2.05) is 12.1 Å². The third kappa shape index (κ3) is 1.51. The fourth-order valence-corrected chi connectivity index (χ4v) is 2.54. The lowest BCUT2D eigenvalue weighted by Crippen LogP contribution is -1.89. The summed E-state index contributed by atoms with van der Waals surface area (Å²) in [5, 5.41) is 0.771. The van der Waals surface area contributed by atoms with Crippen molar-refractivity contribution in [3.8, 4) is 0 Å². The Hall–Kier alpha value is -2.49. The van der Waals surface area contributed by atoms with Gasteiger partial charge in [0, 0.05) is 10.9 Å². The summed E-state index contributed by atoms with van der Waals surface area (Å²) >= 11 is 0. The Balaban J connectivity index is 2.19. The van der Waals surface area contributed by atoms with Crippen molar-refractivity contribution in [2.75, 3.05) is 0 Å². The molecule has 0 saturated carbocycles. The molecule has 0 atom stereocenters. The Bertz CT molecular complexity index is 985. The number of H-pyrrole nitrogens is 1. The zero-order valence-corrected chi connectivity index (χ0v) is 11.2. The van der Waals surface area contributed by atoms with Gasteiger partial charge in [-0.1, -0.05) is 0 Å². The maximum Gasteiger partial charge on any atom is 0.157 e. The Morgan fingerprint density at radius 1 is 0.950 bits per heavy atom. The number of benzene rings is 2. The molecule has 0 radical (unpaired) electrons. The molecule has 0 aliphatic heterocycles. The number of nitrogens with zero attached hydrogens (tertiary/aromatic N) is 2. The highest BCUT2D eigenvalue weighted by atomic mass is 19.1. The van der Waals surface area contributed by atoms with Crippen LogP contribution in [-0.4, -0.2) is 15.0 Å². The second kappa shape index (κ2) is 3.76. The lowest BCUT2D eigenvalue weighted by atomic mass is 10.1. The van der Waals surface area contributed by atoms with Gasteiger partial charge in [-0.2, -0.15) is 0 Å². The lowest BCUT2D eigenvalue weighted by molar-refractivity contribution is 0.630. The molecule has 98 valence electrons. The summed E-state index contributed by atoms with van der Waals surface area (Å²) in [4.78, 5) is 12.4. The normalized spacial score (nSPS) is 11.8. The van der Waals surface area contributed by atoms with E-state index in [9.17, 15) is 4.39 Å². The van der Waals surface area contributed by atoms with Gasteiger partial charge in [-0.25, -0.2) is 14.4 Å². The first-order chi connectivity index (χ1) is 9.61. The number of aryl methyl sites for hydroxylation is 2. The first-order valence-corrected chi connectivity index (χ1v) is 6.48. The highest BCUT2D eigenvalue weighted by Crippen LogP contribution is 2.26. The fraction of sp³-hybridized carbons (Fsp3) is 0.125. The molecule has 0 saturated heterocycles. The number of hydrogen-bond donors (Lipinski definition) is 1. The van der Waals surface area contributed by atoms with E-state index in [4.69, 9.17) is 0 Å². The summed E-state index contributed by atoms with van der Waals surface area (Å²) in [5.74, 6) is -0.264. The van der Waals surface area contributed by atoms with Crippen LogP contribution in [0.3, 0.4) is 0 Å². The lowest BCUT2D eigenvalue weighted by Gasteiger charge is -2.02. The van der Waals surface area contributed by atoms with Crippen LogP contribution in [0.1, 0.15) is 11.1 Å². The summed E-state index contributed by atoms with van der Waals surface area (Å²) in [7, 11) is 0. The molecule has 0 aliphatic carbocycles. The van der Waals surface area contributed by atoms with Gasteiger partial charge >= 0.3 is 0 Å². The number of hydrogen-bond acceptors (Lipinski definition) is 2. The summed E-state index contributed by atoms with van der Waals surface area (Å²) < 4.78 is 13.4. The minimum absolute atomic E-state index is 0.264. The molecule has 4 aromatic rings. The van der Waals surface area contributed by atoms with E-state index >= 15 is 0 Å². The van der Waals surface area contributed by atoms with Crippen LogP contribution >= 0.6 is 0 Å². The van der Waals surface area contributed by atoms with E-state index in [0.717, 1.165) is 27.5 Å². The van der Waals surface area contributed by atoms with E-state index in [0.29, 0.717) is 5.65 Å². The minimum Gasteiger partial charge on any atom is -0.338 e. The fourth-order valence-electron chi connectivity index (χ4n) is 2.54. The number of nitrogens with one attached hydrogen (secondary N) is 1. The van der Waals surface area contributed by atoms with E-state index < -0.39 is 0 Å². The molecule has 0 spiro atoms. The third-order valence-corrected chi connectivity index (χ3v) is 3.77. The first kappa shape index (κ1) is 11.3. The molecule has 0 unspecified atom stereocenters. The molecule has 4 rings (SSSR count). The number of aromatic amines is 1. The van der Waals surface area contributed by atoms with Crippen molar-refractivity contribution in [3.05, 3.63) is 47.3 Å². The van der Waals surface area contributed by atoms with Crippen LogP contribution in [-0.2, 0) is 0 Å². The van der Waals surface area contributed by atoms with Crippen LogP contribution in [0.15, 0.2) is 30.3 Å². The van der Waals surface area contributed by atoms with Crippen LogP contribution in [0.25, 0.3) is 33.1 Å². The molecule has 2 heterocycles. The standard InChI is InChI=1S/C16H12FN3/c1-8-5-13-14(6-9(8)2)20-16-15(18-13)11-7-10(17)3-4-12(11)19-16/h3-7H,1-2H3,(H,19,20). The summed E-state index contributed by atoms with van der Waals surface area (Å²) in [6.07, 6.45) is 0. The Morgan fingerprint density at radius 3 is 2.40 bits per heavy atom. The zero-order chi connectivity index (χ0) is 13.9. The SMILES string of the molecule is Cc1cc2nc3[nH]c4ccc(F)cc4c3nc2cc1C. The Kier molecular flexibility index (Phi) is 2.13. The monoisotopic (exact) mass is 265 g/mol. The van der Waals surface area contributed by atoms with Gasteiger partial charge in [0.05, 0.1) is 11.0 Å². The van der Waals surface area contributed by atoms with Gasteiger partial charge in [-0.05, 0) is 55.3 Å². The van der Waals surface area contributed by atoms with Crippen molar-refractivity contribution in [2.45, 2.75) is 13.8 Å². The van der Waals surface area contributed by atoms with Gasteiger partial charge < -0.3 is 4.98 Å². The highest BCUT2D eigenvalue weighted by molar-refractivity contribution is 6.05. The first-order valence-electron chi connectivity index (χ1n) is 6.48. The van der Waals surface area contributed by atoms with E-state index in [-0.39, 0.29) is 5.82 Å². The van der Waals surface area contributed by atoms with Crippen LogP contribution in [0.4, 0.5) is 4.39 Å². The van der Waals surface area contributed by atoms with Gasteiger partial charge in [-0.15, -0.1) is 0 Å². The average molecular weight is 265 g/mol. The Morgan fingerprint density at radius 2 is 1.65 bits per heavy atom. The average Bonchev–Trinajstić information content (AvgIpc) is 2.75. The summed E-state index contributed by atoms with van der Waals surface area (Å²) in [6, 6.07) is 8.70. The molecular weight excluding hydrogens is 253 g/mol. The zero-order valence-electron chi connectivity index (χ0n) is 11.2. The minimum atomic E-state index is -0.264. The second-order valence-corrected chi connectivity index (χ2v) is 5.16. The van der Waals surface area contributed by atoms with E-state index in [1.54, 1.807) is 6.07 Å². The van der Waals surface area contributed by atoms with E-state index in [1.165, 1.54) is 23.3 Å². The van der Waals surface area contributed by atoms with Crippen LogP contribution in [0, 0.1) is 19.7 Å². The number of rotatable bonds is 0. The molecule has 2 aromatic heterocycles. The van der Waals surface area contributed by atoms with Crippen molar-refractivity contribution in [3.63, 3.8) is 0 Å². The van der Waals surface area contributed by atoms with Crippen molar-refractivity contribution >= 4 is 33.1 Å². The van der Waals surface area contributed by atoms with Crippen molar-refractivity contribution in [1.29, 1.82) is 0 Å². The van der Waals surface area contributed by atoms with Gasteiger partial charge in [0.25, 0.3) is 0 Å². The molecule has 0 bridgehead atoms. The van der Waals surface area contributed by atoms with Crippen molar-refractivity contribution in [2.24, 2.45) is 0 Å². The van der Waals surface area contributed by atoms with Crippen LogP contribution in [0.5, 0.6) is 0 Å². The molecule has 1 N–H and O–H groups in total. The molecule has 4 heteroatoms. The van der Waals surface area contributed by atoms with E-state index in [2.05, 4.69) is 28.8 Å². The van der Waals surface area contributed by atoms with Gasteiger partial charge in [-0.3, -0.25) is 0 Å². The largest absolute Gasteiger partial charge is 0.338 e. The molecule has 0 fully saturated rings. The number of fused-ring (bicyclic) bond motifs is 4. The maximum atomic E-state index is 13.4. The smallest absolute Gasteiger partial charge is 0.157 e. The maximum absolute atomic E-state index is 13.4. The topological polar surface area (TPSA) is 41.6 Å². The van der Waals surface area contributed by atoms with Crippen LogP contribution < -0.4 is 0 Å². The van der Waals surface area contributed by atoms with Gasteiger partial charge in [0.1, 0.15) is 11.3 Å². The second-order valence-electron chi connectivity index (χ2n) is 5.16. The molecule has 0 amide bonds. The van der Waals surface area contributed by atoms with Gasteiger partial charge in [0.2, 0.25) is 0 Å². The Labute approximate surface area is 114 Å². The molecule has 2 aromatic carbocycles. The number of halogens is 1. The van der Waals surface area contributed by atoms with Crippen molar-refractivity contribution < 1.29 is 4.39 Å². The number of aromatic nitrogens is 3. The predicted molar refractivity (Wildman–Crippen MR) is 78.3 cm³/mol. The molecule has 3 nitrogen and oxygen atoms in total. The summed E-state index contributed by atoms with van der Waals surface area (Å²) in [5.41, 5.74) is 6.32. The molecular formula is C16H12FN3. The van der Waals surface area contributed by atoms with Gasteiger partial charge in [0.15, 0.2) is 5.65 Å². The quantitative estimate of drug-likeness (QED) is 0.521. The van der Waals surface area contributed by atoms with Crippen LogP contribution in [0.2, 0.25) is 0 Å². The highest BCUT2D eigenvalue weighted by Gasteiger charge is 2.10.